The third kappa shape index (κ3) is 5.27. The molecule has 2 heterocycles. The van der Waals surface area contributed by atoms with Crippen molar-refractivity contribution in [2.24, 2.45) is 4.99 Å². The highest BCUT2D eigenvalue weighted by Crippen LogP contribution is 2.30. The van der Waals surface area contributed by atoms with Crippen molar-refractivity contribution >= 4 is 28.3 Å². The van der Waals surface area contributed by atoms with E-state index in [9.17, 15) is 8.42 Å². The Balaban J connectivity index is 0.00000306. The number of amidine groups is 1. The predicted octanol–water partition coefficient (Wildman–Crippen LogP) is 3.66. The number of rotatable bonds is 4. The number of hydrogen-bond donors (Lipinski definition) is 2. The molecule has 1 spiro atoms. The molecule has 180 valence electrons. The van der Waals surface area contributed by atoms with Crippen molar-refractivity contribution in [1.29, 1.82) is 0 Å². The Morgan fingerprint density at radius 1 is 1.03 bits per heavy atom. The Bertz CT molecular complexity index is 1140. The summed E-state index contributed by atoms with van der Waals surface area (Å²) in [5.41, 5.74) is 5.11. The number of aryl methyl sites for hydroxylation is 4. The number of benzene rings is 2. The zero-order valence-electron chi connectivity index (χ0n) is 19.9. The number of piperidine rings is 1. The van der Waals surface area contributed by atoms with Gasteiger partial charge in [-0.15, -0.1) is 12.4 Å². The van der Waals surface area contributed by atoms with E-state index >= 15 is 0 Å². The van der Waals surface area contributed by atoms with E-state index in [0.717, 1.165) is 35.6 Å². The third-order valence-corrected chi connectivity index (χ3v) is 8.87. The first-order valence-corrected chi connectivity index (χ1v) is 12.8. The van der Waals surface area contributed by atoms with Gasteiger partial charge in [-0.05, 0) is 68.9 Å². The summed E-state index contributed by atoms with van der Waals surface area (Å²) in [6.07, 6.45) is 1.41. The molecule has 0 atom stereocenters. The molecule has 0 saturated carbocycles. The zero-order chi connectivity index (χ0) is 22.9. The maximum Gasteiger partial charge on any atom is 0.243 e. The lowest BCUT2D eigenvalue weighted by molar-refractivity contribution is 0.241. The van der Waals surface area contributed by atoms with Crippen LogP contribution in [0.3, 0.4) is 0 Å². The Morgan fingerprint density at radius 3 is 2.42 bits per heavy atom. The summed E-state index contributed by atoms with van der Waals surface area (Å²) < 4.78 is 28.5. The van der Waals surface area contributed by atoms with Gasteiger partial charge >= 0.3 is 0 Å². The Kier molecular flexibility index (Phi) is 7.89. The highest BCUT2D eigenvalue weighted by molar-refractivity contribution is 7.89. The fourth-order valence-electron chi connectivity index (χ4n) is 4.80. The maximum atomic E-state index is 13.4. The van der Waals surface area contributed by atoms with Gasteiger partial charge in [0.1, 0.15) is 5.84 Å². The lowest BCUT2D eigenvalue weighted by atomic mass is 9.85. The molecule has 0 radical (unpaired) electrons. The fraction of sp³-hybridized carbons (Fsp3) is 0.480. The van der Waals surface area contributed by atoms with Crippen molar-refractivity contribution in [3.05, 3.63) is 64.2 Å². The number of nitrogens with one attached hydrogen (secondary N) is 2. The molecule has 6 nitrogen and oxygen atoms in total. The Labute approximate surface area is 204 Å². The van der Waals surface area contributed by atoms with Gasteiger partial charge in [0.25, 0.3) is 0 Å². The van der Waals surface area contributed by atoms with Crippen molar-refractivity contribution in [2.45, 2.75) is 57.5 Å². The van der Waals surface area contributed by atoms with Crippen molar-refractivity contribution in [2.75, 3.05) is 26.2 Å². The van der Waals surface area contributed by atoms with Gasteiger partial charge in [0.05, 0.1) is 17.0 Å². The fourth-order valence-corrected chi connectivity index (χ4v) is 6.54. The van der Waals surface area contributed by atoms with Crippen LogP contribution in [0.2, 0.25) is 0 Å². The van der Waals surface area contributed by atoms with Crippen LogP contribution in [0, 0.1) is 27.7 Å². The standard InChI is InChI=1S/C25H34N4O2S.ClH/c1-18-6-5-7-22(14-18)17-27-24-25(28-11-10-26-24)8-12-29(13-9-25)32(30,31)23-16-20(3)19(2)15-21(23)4;/h5-7,14-16,28H,8-13,17H2,1-4H3,(H,26,27);1H. The molecular weight excluding hydrogens is 456 g/mol. The number of halogens is 1. The topological polar surface area (TPSA) is 73.8 Å². The molecule has 4 rings (SSSR count). The molecule has 2 aliphatic rings. The van der Waals surface area contributed by atoms with Crippen molar-refractivity contribution in [3.63, 3.8) is 0 Å². The van der Waals surface area contributed by atoms with Gasteiger partial charge in [-0.3, -0.25) is 4.99 Å². The Morgan fingerprint density at radius 2 is 1.73 bits per heavy atom. The van der Waals surface area contributed by atoms with E-state index in [-0.39, 0.29) is 17.9 Å². The van der Waals surface area contributed by atoms with Crippen LogP contribution >= 0.6 is 12.4 Å². The molecule has 2 aromatic carbocycles. The van der Waals surface area contributed by atoms with Crippen molar-refractivity contribution < 1.29 is 8.42 Å². The minimum absolute atomic E-state index is 0. The SMILES string of the molecule is Cc1cccc(CNC2=NCCNC23CCN(S(=O)(=O)c2cc(C)c(C)cc2C)CC3)c1.Cl. The number of sulfonamides is 1. The summed E-state index contributed by atoms with van der Waals surface area (Å²) >= 11 is 0. The smallest absolute Gasteiger partial charge is 0.243 e. The van der Waals surface area contributed by atoms with Gasteiger partial charge in [0.15, 0.2) is 0 Å². The minimum atomic E-state index is -3.52. The summed E-state index contributed by atoms with van der Waals surface area (Å²) in [5, 5.41) is 7.21. The molecular formula is C25H35ClN4O2S. The van der Waals surface area contributed by atoms with Crippen LogP contribution in [-0.2, 0) is 16.6 Å². The van der Waals surface area contributed by atoms with E-state index in [2.05, 4.69) is 41.8 Å². The summed E-state index contributed by atoms with van der Waals surface area (Å²) in [5.74, 6) is 0.963. The van der Waals surface area contributed by atoms with Crippen LogP contribution < -0.4 is 10.6 Å². The van der Waals surface area contributed by atoms with E-state index in [4.69, 9.17) is 4.99 Å². The van der Waals surface area contributed by atoms with Gasteiger partial charge in [0.2, 0.25) is 10.0 Å². The Hall–Kier alpha value is -1.93. The van der Waals surface area contributed by atoms with E-state index < -0.39 is 10.0 Å². The summed E-state index contributed by atoms with van der Waals surface area (Å²) in [4.78, 5) is 5.23. The van der Waals surface area contributed by atoms with Gasteiger partial charge in [-0.1, -0.05) is 35.9 Å². The molecule has 33 heavy (non-hydrogen) atoms. The summed E-state index contributed by atoms with van der Waals surface area (Å²) in [7, 11) is -3.52. The highest BCUT2D eigenvalue weighted by atomic mass is 35.5. The molecule has 2 N–H and O–H groups in total. The second-order valence-electron chi connectivity index (χ2n) is 9.19. The monoisotopic (exact) mass is 490 g/mol. The van der Waals surface area contributed by atoms with E-state index in [1.54, 1.807) is 4.31 Å². The van der Waals surface area contributed by atoms with Crippen LogP contribution in [-0.4, -0.2) is 50.3 Å². The lowest BCUT2D eigenvalue weighted by Gasteiger charge is -2.44. The average molecular weight is 491 g/mol. The highest BCUT2D eigenvalue weighted by Gasteiger charge is 2.43. The first-order valence-electron chi connectivity index (χ1n) is 11.4. The van der Waals surface area contributed by atoms with E-state index in [0.29, 0.717) is 37.4 Å². The molecule has 8 heteroatoms. The zero-order valence-corrected chi connectivity index (χ0v) is 21.6. The molecule has 0 amide bonds. The largest absolute Gasteiger partial charge is 0.368 e. The molecule has 0 aromatic heterocycles. The van der Waals surface area contributed by atoms with Gasteiger partial charge in [-0.2, -0.15) is 4.31 Å². The van der Waals surface area contributed by atoms with Crippen molar-refractivity contribution in [3.8, 4) is 0 Å². The van der Waals surface area contributed by atoms with Gasteiger partial charge < -0.3 is 10.6 Å². The predicted molar refractivity (Wildman–Crippen MR) is 137 cm³/mol. The minimum Gasteiger partial charge on any atom is -0.368 e. The molecule has 0 aliphatic carbocycles. The maximum absolute atomic E-state index is 13.4. The van der Waals surface area contributed by atoms with E-state index in [1.165, 1.54) is 11.1 Å². The molecule has 0 unspecified atom stereocenters. The number of aliphatic imine (C=N–C) groups is 1. The second-order valence-corrected chi connectivity index (χ2v) is 11.1. The average Bonchev–Trinajstić information content (AvgIpc) is 2.76. The van der Waals surface area contributed by atoms with E-state index in [1.807, 2.05) is 32.9 Å². The third-order valence-electron chi connectivity index (χ3n) is 6.83. The quantitative estimate of drug-likeness (QED) is 0.686. The summed E-state index contributed by atoms with van der Waals surface area (Å²) in [6, 6.07) is 12.2. The first-order chi connectivity index (χ1) is 15.2. The normalized spacial score (nSPS) is 18.5. The van der Waals surface area contributed by atoms with Crippen LogP contribution in [0.25, 0.3) is 0 Å². The van der Waals surface area contributed by atoms with Crippen LogP contribution in [0.4, 0.5) is 0 Å². The van der Waals surface area contributed by atoms with Gasteiger partial charge in [0, 0.05) is 26.2 Å². The summed E-state index contributed by atoms with van der Waals surface area (Å²) in [6.45, 7) is 11.2. The number of nitrogens with zero attached hydrogens (tertiary/aromatic N) is 2. The van der Waals surface area contributed by atoms with Crippen LogP contribution in [0.5, 0.6) is 0 Å². The molecule has 2 aromatic rings. The molecule has 1 fully saturated rings. The lowest BCUT2D eigenvalue weighted by Crippen LogP contribution is -2.64. The van der Waals surface area contributed by atoms with Crippen LogP contribution in [0.15, 0.2) is 46.3 Å². The first kappa shape index (κ1) is 25.7. The second kappa shape index (κ2) is 10.1. The number of hydrogen-bond acceptors (Lipinski definition) is 5. The van der Waals surface area contributed by atoms with Gasteiger partial charge in [-0.25, -0.2) is 8.42 Å². The molecule has 1 saturated heterocycles. The molecule has 2 aliphatic heterocycles. The molecule has 0 bridgehead atoms. The van der Waals surface area contributed by atoms with Crippen molar-refractivity contribution in [1.82, 2.24) is 14.9 Å². The van der Waals surface area contributed by atoms with Crippen LogP contribution in [0.1, 0.15) is 40.7 Å².